The van der Waals surface area contributed by atoms with Crippen LogP contribution in [0.15, 0.2) is 18.2 Å². The Morgan fingerprint density at radius 1 is 1.45 bits per heavy atom. The van der Waals surface area contributed by atoms with Gasteiger partial charge in [-0.3, -0.25) is 14.5 Å². The normalized spacial score (nSPS) is 19.3. The second kappa shape index (κ2) is 5.92. The van der Waals surface area contributed by atoms with Gasteiger partial charge in [-0.15, -0.1) is 0 Å². The number of aromatic hydroxyl groups is 1. The van der Waals surface area contributed by atoms with E-state index in [2.05, 4.69) is 5.32 Å². The molecule has 1 aromatic rings. The van der Waals surface area contributed by atoms with Crippen molar-refractivity contribution in [3.63, 3.8) is 0 Å². The van der Waals surface area contributed by atoms with E-state index in [1.807, 2.05) is 0 Å². The minimum atomic E-state index is -0.400. The molecule has 108 valence electrons. The van der Waals surface area contributed by atoms with E-state index < -0.39 is 6.04 Å². The fraction of sp³-hybridized carbons (Fsp3) is 0.429. The molecule has 1 saturated heterocycles. The molecule has 1 fully saturated rings. The van der Waals surface area contributed by atoms with E-state index in [-0.39, 0.29) is 17.6 Å². The fourth-order valence-electron chi connectivity index (χ4n) is 2.21. The quantitative estimate of drug-likeness (QED) is 0.790. The lowest BCUT2D eigenvalue weighted by molar-refractivity contribution is -0.148. The first-order valence-electron chi connectivity index (χ1n) is 6.43. The Morgan fingerprint density at radius 3 is 2.90 bits per heavy atom. The first-order chi connectivity index (χ1) is 9.54. The molecule has 20 heavy (non-hydrogen) atoms. The molecule has 1 aliphatic heterocycles. The number of rotatable bonds is 4. The molecule has 0 radical (unpaired) electrons. The molecule has 1 aliphatic rings. The van der Waals surface area contributed by atoms with Gasteiger partial charge in [-0.2, -0.15) is 0 Å². The third kappa shape index (κ3) is 2.75. The Labute approximate surface area is 117 Å². The van der Waals surface area contributed by atoms with Gasteiger partial charge in [0.1, 0.15) is 0 Å². The number of carbonyl (C=O) groups excluding carboxylic acids is 2. The van der Waals surface area contributed by atoms with Crippen LogP contribution in [0.2, 0.25) is 0 Å². The predicted octanol–water partition coefficient (Wildman–Crippen LogP) is 0.638. The van der Waals surface area contributed by atoms with E-state index >= 15 is 0 Å². The van der Waals surface area contributed by atoms with Gasteiger partial charge in [-0.05, 0) is 12.5 Å². The lowest BCUT2D eigenvalue weighted by atomic mass is 10.0. The molecule has 0 aliphatic carbocycles. The molecule has 2 rings (SSSR count). The highest BCUT2D eigenvalue weighted by molar-refractivity contribution is 6.00. The number of benzene rings is 1. The van der Waals surface area contributed by atoms with Crippen LogP contribution in [-0.2, 0) is 16.1 Å². The van der Waals surface area contributed by atoms with Crippen molar-refractivity contribution in [1.82, 2.24) is 10.2 Å². The number of likely N-dealkylation sites (N-methyl/N-ethyl adjacent to an activating group) is 1. The molecule has 6 heteroatoms. The van der Waals surface area contributed by atoms with Gasteiger partial charge in [-0.25, -0.2) is 0 Å². The highest BCUT2D eigenvalue weighted by atomic mass is 16.5. The number of amides is 2. The van der Waals surface area contributed by atoms with Crippen molar-refractivity contribution >= 4 is 11.8 Å². The second-order valence-electron chi connectivity index (χ2n) is 4.73. The van der Waals surface area contributed by atoms with Crippen LogP contribution < -0.4 is 10.1 Å². The van der Waals surface area contributed by atoms with Gasteiger partial charge in [0.15, 0.2) is 11.5 Å². The van der Waals surface area contributed by atoms with Gasteiger partial charge in [0.2, 0.25) is 11.8 Å². The molecule has 1 heterocycles. The molecule has 0 aromatic heterocycles. The number of methoxy groups -OCH3 is 1. The molecular weight excluding hydrogens is 260 g/mol. The maximum absolute atomic E-state index is 11.9. The monoisotopic (exact) mass is 278 g/mol. The third-order valence-electron chi connectivity index (χ3n) is 3.49. The van der Waals surface area contributed by atoms with Gasteiger partial charge >= 0.3 is 0 Å². The summed E-state index contributed by atoms with van der Waals surface area (Å²) in [6.07, 6.45) is 0.830. The van der Waals surface area contributed by atoms with Crippen LogP contribution in [0.5, 0.6) is 11.5 Å². The lowest BCUT2D eigenvalue weighted by Gasteiger charge is -2.28. The summed E-state index contributed by atoms with van der Waals surface area (Å²) in [6.45, 7) is 0.335. The number of hydrogen-bond acceptors (Lipinski definition) is 5. The van der Waals surface area contributed by atoms with Crippen molar-refractivity contribution < 1.29 is 19.4 Å². The van der Waals surface area contributed by atoms with Crippen LogP contribution in [0.4, 0.5) is 0 Å². The van der Waals surface area contributed by atoms with Gasteiger partial charge in [0, 0.05) is 25.6 Å². The first-order valence-corrected chi connectivity index (χ1v) is 6.43. The topological polar surface area (TPSA) is 78.9 Å². The van der Waals surface area contributed by atoms with E-state index in [1.165, 1.54) is 14.2 Å². The lowest BCUT2D eigenvalue weighted by Crippen LogP contribution is -2.51. The van der Waals surface area contributed by atoms with E-state index in [4.69, 9.17) is 4.74 Å². The van der Waals surface area contributed by atoms with Gasteiger partial charge in [0.25, 0.3) is 0 Å². The average molecular weight is 278 g/mol. The number of hydrogen-bond donors (Lipinski definition) is 2. The Balaban J connectivity index is 2.02. The van der Waals surface area contributed by atoms with Crippen LogP contribution in [0, 0.1) is 0 Å². The number of phenolic OH excluding ortho intramolecular Hbond substituents is 1. The number of nitrogens with one attached hydrogen (secondary N) is 1. The smallest absolute Gasteiger partial charge is 0.246 e. The largest absolute Gasteiger partial charge is 0.504 e. The molecule has 6 nitrogen and oxygen atoms in total. The summed E-state index contributed by atoms with van der Waals surface area (Å²) in [4.78, 5) is 24.4. The molecule has 1 unspecified atom stereocenters. The van der Waals surface area contributed by atoms with Crippen molar-refractivity contribution in [3.8, 4) is 11.5 Å². The minimum Gasteiger partial charge on any atom is -0.504 e. The Kier molecular flexibility index (Phi) is 4.24. The van der Waals surface area contributed by atoms with Crippen LogP contribution in [0.3, 0.4) is 0 Å². The third-order valence-corrected chi connectivity index (χ3v) is 3.49. The van der Waals surface area contributed by atoms with Gasteiger partial charge < -0.3 is 15.2 Å². The summed E-state index contributed by atoms with van der Waals surface area (Å²) in [7, 11) is 2.97. The zero-order chi connectivity index (χ0) is 14.7. The SMILES string of the molecule is COc1cccc(CNC2CCC(=O)N(C)C2=O)c1O. The Morgan fingerprint density at radius 2 is 2.20 bits per heavy atom. The number of piperidine rings is 1. The van der Waals surface area contributed by atoms with Crippen molar-refractivity contribution in [1.29, 1.82) is 0 Å². The van der Waals surface area contributed by atoms with E-state index in [1.54, 1.807) is 18.2 Å². The minimum absolute atomic E-state index is 0.0650. The van der Waals surface area contributed by atoms with Gasteiger partial charge in [-0.1, -0.05) is 12.1 Å². The van der Waals surface area contributed by atoms with Crippen molar-refractivity contribution in [2.75, 3.05) is 14.2 Å². The second-order valence-corrected chi connectivity index (χ2v) is 4.73. The molecule has 0 saturated carbocycles. The van der Waals surface area contributed by atoms with Crippen molar-refractivity contribution in [2.45, 2.75) is 25.4 Å². The van der Waals surface area contributed by atoms with Crippen LogP contribution in [0.1, 0.15) is 18.4 Å². The van der Waals surface area contributed by atoms with Crippen molar-refractivity contribution in [3.05, 3.63) is 23.8 Å². The number of imide groups is 1. The number of likely N-dealkylation sites (tertiary alicyclic amines) is 1. The van der Waals surface area contributed by atoms with Gasteiger partial charge in [0.05, 0.1) is 13.2 Å². The number of para-hydroxylation sites is 1. The number of ether oxygens (including phenoxy) is 1. The number of phenols is 1. The maximum Gasteiger partial charge on any atom is 0.246 e. The molecule has 1 atom stereocenters. The van der Waals surface area contributed by atoms with E-state index in [9.17, 15) is 14.7 Å². The molecule has 0 spiro atoms. The molecule has 2 amide bonds. The van der Waals surface area contributed by atoms with E-state index in [0.29, 0.717) is 30.7 Å². The van der Waals surface area contributed by atoms with Crippen LogP contribution in [-0.4, -0.2) is 42.0 Å². The van der Waals surface area contributed by atoms with Crippen LogP contribution in [0.25, 0.3) is 0 Å². The summed E-state index contributed by atoms with van der Waals surface area (Å²) in [5, 5.41) is 13.0. The van der Waals surface area contributed by atoms with E-state index in [0.717, 1.165) is 4.90 Å². The fourth-order valence-corrected chi connectivity index (χ4v) is 2.21. The molecule has 2 N–H and O–H groups in total. The van der Waals surface area contributed by atoms with Crippen LogP contribution >= 0.6 is 0 Å². The molecule has 0 bridgehead atoms. The summed E-state index contributed by atoms with van der Waals surface area (Å²) in [6, 6.07) is 4.79. The number of carbonyl (C=O) groups is 2. The Bertz CT molecular complexity index is 530. The predicted molar refractivity (Wildman–Crippen MR) is 72.3 cm³/mol. The Hall–Kier alpha value is -2.08. The van der Waals surface area contributed by atoms with Crippen molar-refractivity contribution in [2.24, 2.45) is 0 Å². The highest BCUT2D eigenvalue weighted by Gasteiger charge is 2.31. The molecule has 1 aromatic carbocycles. The maximum atomic E-state index is 11.9. The first kappa shape index (κ1) is 14.3. The summed E-state index contributed by atoms with van der Waals surface area (Å²) in [5.41, 5.74) is 0.650. The molecular formula is C14H18N2O4. The average Bonchev–Trinajstić information content (AvgIpc) is 2.45. The standard InChI is InChI=1S/C14H18N2O4/c1-16-12(17)7-6-10(14(16)19)15-8-9-4-3-5-11(20-2)13(9)18/h3-5,10,15,18H,6-8H2,1-2H3. The zero-order valence-corrected chi connectivity index (χ0v) is 11.5. The summed E-state index contributed by atoms with van der Waals surface area (Å²) in [5.74, 6) is 0.0719. The summed E-state index contributed by atoms with van der Waals surface area (Å²) < 4.78 is 5.03. The highest BCUT2D eigenvalue weighted by Crippen LogP contribution is 2.29. The summed E-state index contributed by atoms with van der Waals surface area (Å²) >= 11 is 0. The zero-order valence-electron chi connectivity index (χ0n) is 11.5. The number of nitrogens with zero attached hydrogens (tertiary/aromatic N) is 1.